The van der Waals surface area contributed by atoms with Crippen LogP contribution in [0.2, 0.25) is 0 Å². The summed E-state index contributed by atoms with van der Waals surface area (Å²) in [5.74, 6) is -132. The van der Waals surface area contributed by atoms with E-state index in [4.69, 9.17) is 19.4 Å². The van der Waals surface area contributed by atoms with E-state index in [0.717, 1.165) is 0 Å². The summed E-state index contributed by atoms with van der Waals surface area (Å²) in [5.41, 5.74) is -0.481. The smallest absolute Gasteiger partial charge is 0.475 e. The number of aromatic amines is 1. The SMILES string of the molecule is O=C(CCCCCCCCCCC(F)(F)C(F)(F)C(F)(F)C(F)(F)C(F)(F)C(F)(F)C(F)(F)C(F)(F)CCCNC(=O)C(Cc1cnc[nH]1)NC(=O)CCC(F)(F)C(F)(F)C(F)(F)C(F)(F)C(F)(F)C(F)(F)C(F)(F)C(F)(F)F)NCCO[C@@H]1O[C@H](CO)[C@H](O)[C@H](O)[C@H]1O.O=C(O)C(F)(F)F. The number of rotatable bonds is 40. The zero-order valence-electron chi connectivity index (χ0n) is 49.8. The van der Waals surface area contributed by atoms with Gasteiger partial charge in [0.2, 0.25) is 17.7 Å². The maximum atomic E-state index is 14.7. The first-order valence-electron chi connectivity index (χ1n) is 27.8. The average Bonchev–Trinajstić information content (AvgIpc) is 0.769. The highest BCUT2D eigenvalue weighted by atomic mass is 19.4. The summed E-state index contributed by atoms with van der Waals surface area (Å²) < 4.78 is 508. The summed E-state index contributed by atoms with van der Waals surface area (Å²) in [7, 11) is 0. The van der Waals surface area contributed by atoms with Crippen molar-refractivity contribution in [2.45, 2.75) is 234 Å². The Morgan fingerprint density at radius 1 is 0.465 bits per heavy atom. The zero-order chi connectivity index (χ0) is 79.6. The minimum Gasteiger partial charge on any atom is -0.475 e. The number of hydrogen-bond acceptors (Lipinski definition) is 11. The van der Waals surface area contributed by atoms with Gasteiger partial charge in [0.05, 0.1) is 19.5 Å². The number of aromatic nitrogens is 2. The monoisotopic (exact) mass is 1570 g/mol. The van der Waals surface area contributed by atoms with Gasteiger partial charge in [-0.2, -0.15) is 158 Å². The second kappa shape index (κ2) is 33.2. The van der Waals surface area contributed by atoms with E-state index in [-0.39, 0.29) is 45.3 Å². The van der Waals surface area contributed by atoms with Crippen LogP contribution in [0.3, 0.4) is 0 Å². The molecule has 1 aromatic heterocycles. The van der Waals surface area contributed by atoms with Gasteiger partial charge in [-0.05, 0) is 19.3 Å². The molecule has 6 atom stereocenters. The van der Waals surface area contributed by atoms with E-state index in [2.05, 4.69) is 15.3 Å². The van der Waals surface area contributed by atoms with Crippen LogP contribution in [0, 0.1) is 0 Å². The number of aliphatic hydroxyl groups is 4. The Morgan fingerprint density at radius 2 is 0.842 bits per heavy atom. The number of alkyl halides is 36. The summed E-state index contributed by atoms with van der Waals surface area (Å²) >= 11 is 0. The average molecular weight is 1570 g/mol. The minimum atomic E-state index is -9.02. The van der Waals surface area contributed by atoms with Crippen LogP contribution >= 0.6 is 0 Å². The number of hydrogen-bond donors (Lipinski definition) is 9. The van der Waals surface area contributed by atoms with Crippen molar-refractivity contribution in [3.63, 3.8) is 0 Å². The Kier molecular flexibility index (Phi) is 30.7. The topological polar surface area (TPSA) is 253 Å². The third-order valence-electron chi connectivity index (χ3n) is 14.4. The van der Waals surface area contributed by atoms with Gasteiger partial charge in [-0.15, -0.1) is 0 Å². The van der Waals surface area contributed by atoms with Gasteiger partial charge in [0, 0.05) is 63.5 Å². The number of H-pyrrole nitrogens is 1. The first-order chi connectivity index (χ1) is 45.1. The maximum Gasteiger partial charge on any atom is 0.490 e. The molecule has 0 bridgehead atoms. The molecular weight excluding hydrogens is 1520 g/mol. The van der Waals surface area contributed by atoms with Crippen LogP contribution in [0.1, 0.15) is 95.6 Å². The highest BCUT2D eigenvalue weighted by Crippen LogP contribution is 2.66. The van der Waals surface area contributed by atoms with Crippen molar-refractivity contribution in [1.29, 1.82) is 0 Å². The highest BCUT2D eigenvalue weighted by molar-refractivity contribution is 5.87. The van der Waals surface area contributed by atoms with Gasteiger partial charge >= 0.3 is 107 Å². The number of unbranched alkanes of at least 4 members (excludes halogenated alkanes) is 7. The molecule has 0 spiro atoms. The van der Waals surface area contributed by atoms with Gasteiger partial charge in [-0.25, -0.2) is 9.78 Å². The standard InChI is InChI=1S/C47H54F33N5O9.C2HF3O2/c48-32(49,12-8-6-4-2-1-3-5-7-10-25(87)82-16-17-93-31-29(91)28(90)27(89)24(20-86)94-31)35(54,55)38(60,61)41(66,67)42(68,69)39(62,63)36(56,57)33(50,51)13-9-15-83-30(92)23(18-22-19-81-21-84-22)85-26(88)11-14-34(52,53)37(58,59)40(64,65)43(70,71)44(72,73)45(74,75)46(76,77)47(78,79)80;3-2(4,5)1(6)7/h19,21,23-24,27-29,31,86,89-91H,1-18,20H2,(H,81,84)(H,82,87)(H,83,92)(H,85,88);(H,6,7)/t23?,24-,27+,28+,29-,31-;/m1./s1. The number of nitrogens with zero attached hydrogens (tertiary/aromatic N) is 1. The largest absolute Gasteiger partial charge is 0.490 e. The summed E-state index contributed by atoms with van der Waals surface area (Å²) in [5, 5.41) is 50.6. The summed E-state index contributed by atoms with van der Waals surface area (Å²) in [6.45, 7) is -2.97. The first kappa shape index (κ1) is 93.3. The first-order valence-corrected chi connectivity index (χ1v) is 27.8. The van der Waals surface area contributed by atoms with Crippen LogP contribution < -0.4 is 16.0 Å². The zero-order valence-corrected chi connectivity index (χ0v) is 49.8. The third-order valence-corrected chi connectivity index (χ3v) is 14.4. The fraction of sp³-hybridized carbons (Fsp3) is 0.857. The number of nitrogens with one attached hydrogen (secondary N) is 4. The van der Waals surface area contributed by atoms with Crippen LogP contribution in [0.25, 0.3) is 0 Å². The number of carbonyl (C=O) groups is 4. The van der Waals surface area contributed by atoms with Crippen LogP contribution in [0.5, 0.6) is 0 Å². The molecule has 16 nitrogen and oxygen atoms in total. The molecule has 0 aliphatic carbocycles. The number of carbonyl (C=O) groups excluding carboxylic acids is 3. The highest BCUT2D eigenvalue weighted by Gasteiger charge is 2.96. The molecule has 2 rings (SSSR count). The van der Waals surface area contributed by atoms with Crippen molar-refractivity contribution in [3.8, 4) is 0 Å². The Bertz CT molecular complexity index is 2810. The lowest BCUT2D eigenvalue weighted by atomic mass is 9.86. The van der Waals surface area contributed by atoms with Crippen LogP contribution in [0.4, 0.5) is 158 Å². The molecule has 1 aromatic rings. The van der Waals surface area contributed by atoms with E-state index in [0.29, 0.717) is 25.4 Å². The van der Waals surface area contributed by atoms with Crippen molar-refractivity contribution in [2.24, 2.45) is 0 Å². The Hall–Kier alpha value is -5.67. The van der Waals surface area contributed by atoms with Crippen molar-refractivity contribution in [3.05, 3.63) is 18.2 Å². The number of aliphatic carboxylic acids is 1. The van der Waals surface area contributed by atoms with Crippen LogP contribution in [0.15, 0.2) is 12.5 Å². The Morgan fingerprint density at radius 3 is 1.23 bits per heavy atom. The molecule has 2 heterocycles. The fourth-order valence-corrected chi connectivity index (χ4v) is 8.28. The van der Waals surface area contributed by atoms with Crippen molar-refractivity contribution < 1.29 is 212 Å². The van der Waals surface area contributed by atoms with Crippen LogP contribution in [-0.2, 0) is 35.1 Å². The summed E-state index contributed by atoms with van der Waals surface area (Å²) in [6, 6.07) is -2.62. The molecule has 594 valence electrons. The second-order valence-electron chi connectivity index (χ2n) is 21.8. The van der Waals surface area contributed by atoms with Gasteiger partial charge < -0.3 is 55.9 Å². The number of carboxylic acid groups (broad SMARTS) is 1. The molecule has 1 aliphatic rings. The van der Waals surface area contributed by atoms with Crippen molar-refractivity contribution >= 4 is 23.7 Å². The lowest BCUT2D eigenvalue weighted by molar-refractivity contribution is -0.461. The summed E-state index contributed by atoms with van der Waals surface area (Å²) in [6.07, 6.45) is -35.9. The van der Waals surface area contributed by atoms with Crippen LogP contribution in [-0.4, -0.2) is 223 Å². The van der Waals surface area contributed by atoms with E-state index in [9.17, 15) is 193 Å². The summed E-state index contributed by atoms with van der Waals surface area (Å²) in [4.78, 5) is 51.5. The number of amides is 3. The second-order valence-corrected chi connectivity index (χ2v) is 21.8. The fourth-order valence-electron chi connectivity index (χ4n) is 8.28. The Labute approximate surface area is 540 Å². The normalized spacial score (nSPS) is 19.3. The van der Waals surface area contributed by atoms with Crippen molar-refractivity contribution in [1.82, 2.24) is 25.9 Å². The number of halogens is 36. The third kappa shape index (κ3) is 19.6. The molecule has 1 aliphatic heterocycles. The molecule has 52 heteroatoms. The van der Waals surface area contributed by atoms with Crippen molar-refractivity contribution in [2.75, 3.05) is 26.3 Å². The quantitative estimate of drug-likeness (QED) is 0.0220. The van der Waals surface area contributed by atoms with Gasteiger partial charge in [-0.1, -0.05) is 38.5 Å². The molecule has 1 fully saturated rings. The van der Waals surface area contributed by atoms with E-state index in [1.165, 1.54) is 10.6 Å². The molecule has 0 aromatic carbocycles. The van der Waals surface area contributed by atoms with Gasteiger partial charge in [-0.3, -0.25) is 14.4 Å². The van der Waals surface area contributed by atoms with E-state index >= 15 is 0 Å². The molecule has 3 amide bonds. The lowest BCUT2D eigenvalue weighted by Crippen LogP contribution is -2.74. The number of imidazole rings is 1. The minimum absolute atomic E-state index is 0.0456. The van der Waals surface area contributed by atoms with Gasteiger partial charge in [0.1, 0.15) is 30.5 Å². The van der Waals surface area contributed by atoms with Gasteiger partial charge in [0.15, 0.2) is 6.29 Å². The maximum absolute atomic E-state index is 14.7. The molecule has 1 saturated heterocycles. The Balaban J connectivity index is 0.00000689. The number of aliphatic hydroxyl groups excluding tert-OH is 4. The molecule has 0 radical (unpaired) electrons. The lowest BCUT2D eigenvalue weighted by Gasteiger charge is -2.43. The molecule has 0 saturated carbocycles. The van der Waals surface area contributed by atoms with Gasteiger partial charge in [0.25, 0.3) is 0 Å². The molecule has 1 unspecified atom stereocenters. The molecule has 9 N–H and O–H groups in total. The van der Waals surface area contributed by atoms with E-state index in [1.54, 1.807) is 0 Å². The molecular formula is C49H55F36N5O11. The van der Waals surface area contributed by atoms with E-state index < -0.39 is 232 Å². The predicted molar refractivity (Wildman–Crippen MR) is 259 cm³/mol. The van der Waals surface area contributed by atoms with E-state index in [1.807, 2.05) is 0 Å². The number of ether oxygens (including phenoxy) is 2. The molecule has 101 heavy (non-hydrogen) atoms. The predicted octanol–water partition coefficient (Wildman–Crippen LogP) is 11.7. The number of carboxylic acids is 1.